The van der Waals surface area contributed by atoms with Gasteiger partial charge in [0.15, 0.2) is 0 Å². The summed E-state index contributed by atoms with van der Waals surface area (Å²) < 4.78 is 121. The Morgan fingerprint density at radius 2 is 0.857 bits per heavy atom. The van der Waals surface area contributed by atoms with Gasteiger partial charge >= 0.3 is 0 Å². The van der Waals surface area contributed by atoms with Crippen molar-refractivity contribution in [1.29, 1.82) is 0 Å². The van der Waals surface area contributed by atoms with Crippen molar-refractivity contribution >= 4 is 54.3 Å². The molecule has 228 valence electrons. The smallest absolute Gasteiger partial charge is 0.136 e. The molecule has 0 amide bonds. The van der Waals surface area contributed by atoms with Crippen molar-refractivity contribution in [2.24, 2.45) is 0 Å². The molecule has 0 saturated heterocycles. The molecule has 0 fully saturated rings. The molecule has 1 aromatic heterocycles. The maximum atomic E-state index is 9.20. The average molecular weight is 636 g/mol. The zero-order valence-corrected chi connectivity index (χ0v) is 25.7. The van der Waals surface area contributed by atoms with E-state index in [9.17, 15) is 2.74 Å². The predicted molar refractivity (Wildman–Crippen MR) is 208 cm³/mol. The molecular weight excluding hydrogens is 593 g/mol. The van der Waals surface area contributed by atoms with E-state index in [0.29, 0.717) is 11.1 Å². The van der Waals surface area contributed by atoms with Crippen LogP contribution < -0.4 is 0 Å². The third-order valence-corrected chi connectivity index (χ3v) is 9.21. The summed E-state index contributed by atoms with van der Waals surface area (Å²) in [5, 5.41) is 3.43. The van der Waals surface area contributed by atoms with E-state index in [1.807, 2.05) is 42.5 Å². The fourth-order valence-electron chi connectivity index (χ4n) is 6.97. The van der Waals surface area contributed by atoms with Crippen LogP contribution in [0.2, 0.25) is 0 Å². The van der Waals surface area contributed by atoms with Gasteiger partial charge in [0.25, 0.3) is 0 Å². The van der Waals surface area contributed by atoms with Crippen LogP contribution in [0, 0.1) is 0 Å². The van der Waals surface area contributed by atoms with Gasteiger partial charge in [0.05, 0.1) is 17.8 Å². The molecular formula is C48H30O. The highest BCUT2D eigenvalue weighted by Gasteiger charge is 2.17. The Bertz CT molecular complexity index is 3500. The van der Waals surface area contributed by atoms with Crippen LogP contribution in [0.5, 0.6) is 0 Å². The average Bonchev–Trinajstić information content (AvgIpc) is 3.66. The van der Waals surface area contributed by atoms with Crippen molar-refractivity contribution in [3.63, 3.8) is 0 Å². The van der Waals surface area contributed by atoms with E-state index in [-0.39, 0.29) is 32.7 Å². The molecule has 1 heterocycles. The molecule has 0 aliphatic carbocycles. The maximum absolute atomic E-state index is 9.20. The van der Waals surface area contributed by atoms with Crippen molar-refractivity contribution in [2.75, 3.05) is 0 Å². The van der Waals surface area contributed by atoms with Gasteiger partial charge in [-0.1, -0.05) is 157 Å². The molecule has 0 unspecified atom stereocenters. The number of fused-ring (bicyclic) bond motifs is 6. The second-order valence-electron chi connectivity index (χ2n) is 11.9. The van der Waals surface area contributed by atoms with Gasteiger partial charge in [0, 0.05) is 10.8 Å². The first-order valence-electron chi connectivity index (χ1n) is 22.3. The summed E-state index contributed by atoms with van der Waals surface area (Å²) in [5.74, 6) is 0. The molecule has 0 aliphatic rings. The maximum Gasteiger partial charge on any atom is 0.136 e. The number of hydrogen-bond acceptors (Lipinski definition) is 1. The lowest BCUT2D eigenvalue weighted by Crippen LogP contribution is -1.90. The SMILES string of the molecule is [2H]c1c([2H])c([2H])c(-c2c3c([2H])c([2H])c([2H])c([2H])c3c(-c3ccc(-c4ccc5c(c4)oc4cc(-c6cccc7ccccc67)ccc45)cc3)c3c([2H])c([2H])c([2H])c([2H])c23)c([2H])c1[2H]. The zero-order chi connectivity index (χ0) is 43.6. The normalized spacial score (nSPS) is 15.4. The number of furan rings is 1. The Morgan fingerprint density at radius 1 is 0.347 bits per heavy atom. The summed E-state index contributed by atoms with van der Waals surface area (Å²) in [6.07, 6.45) is 0. The lowest BCUT2D eigenvalue weighted by Gasteiger charge is -2.18. The first kappa shape index (κ1) is 17.6. The third kappa shape index (κ3) is 4.47. The van der Waals surface area contributed by atoms with E-state index >= 15 is 0 Å². The molecule has 9 aromatic carbocycles. The fraction of sp³-hybridized carbons (Fsp3) is 0. The summed E-state index contributed by atoms with van der Waals surface area (Å²) in [6.45, 7) is 0. The summed E-state index contributed by atoms with van der Waals surface area (Å²) >= 11 is 0. The zero-order valence-electron chi connectivity index (χ0n) is 38.7. The van der Waals surface area contributed by atoms with E-state index in [1.54, 1.807) is 24.3 Å². The fourth-order valence-corrected chi connectivity index (χ4v) is 6.97. The molecule has 0 radical (unpaired) electrons. The summed E-state index contributed by atoms with van der Waals surface area (Å²) in [7, 11) is 0. The van der Waals surface area contributed by atoms with E-state index in [0.717, 1.165) is 49.4 Å². The molecule has 49 heavy (non-hydrogen) atoms. The molecule has 0 bridgehead atoms. The summed E-state index contributed by atoms with van der Waals surface area (Å²) in [6, 6.07) is 25.3. The van der Waals surface area contributed by atoms with E-state index in [1.165, 1.54) is 0 Å². The minimum absolute atomic E-state index is 0.0754. The number of rotatable bonds is 4. The molecule has 10 aromatic rings. The van der Waals surface area contributed by atoms with Crippen LogP contribution in [0.25, 0.3) is 98.8 Å². The van der Waals surface area contributed by atoms with Gasteiger partial charge in [-0.3, -0.25) is 0 Å². The van der Waals surface area contributed by atoms with E-state index < -0.39 is 84.1 Å². The minimum Gasteiger partial charge on any atom is -0.456 e. The third-order valence-electron chi connectivity index (χ3n) is 9.21. The highest BCUT2D eigenvalue weighted by Crippen LogP contribution is 2.44. The number of benzene rings is 9. The molecule has 0 aliphatic heterocycles. The van der Waals surface area contributed by atoms with Gasteiger partial charge in [-0.05, 0) is 101 Å². The van der Waals surface area contributed by atoms with Crippen LogP contribution in [-0.2, 0) is 0 Å². The topological polar surface area (TPSA) is 13.1 Å². The molecule has 1 nitrogen and oxygen atoms in total. The first-order chi connectivity index (χ1) is 29.7. The standard InChI is InChI=1S/C48H30O/c1-2-12-33(13-3-1)47-41-16-6-8-18-43(41)48(44-19-9-7-17-42(44)47)34-23-21-31(22-24-34)35-25-27-39-40-28-26-36(30-46(40)49-45(39)29-35)38-20-10-14-32-11-4-5-15-37(32)38/h1-30H/i1D,2D,3D,6D,7D,8D,9D,12D,13D,16D,17D,18D,19D. The van der Waals surface area contributed by atoms with Gasteiger partial charge in [-0.25, -0.2) is 0 Å². The Kier molecular flexibility index (Phi) is 3.99. The second-order valence-corrected chi connectivity index (χ2v) is 11.9. The second kappa shape index (κ2) is 11.1. The molecule has 0 spiro atoms. The summed E-state index contributed by atoms with van der Waals surface area (Å²) in [5.41, 5.74) is 4.78. The minimum atomic E-state index is -0.713. The lowest BCUT2D eigenvalue weighted by molar-refractivity contribution is 0.669. The molecule has 1 heteroatoms. The Hall–Kier alpha value is -6.44. The first-order valence-corrected chi connectivity index (χ1v) is 15.8. The van der Waals surface area contributed by atoms with Gasteiger partial charge < -0.3 is 4.42 Å². The Labute approximate surface area is 302 Å². The molecule has 0 saturated carbocycles. The van der Waals surface area contributed by atoms with Crippen molar-refractivity contribution < 1.29 is 22.2 Å². The van der Waals surface area contributed by atoms with Gasteiger partial charge in [0.2, 0.25) is 0 Å². The molecule has 0 N–H and O–H groups in total. The lowest BCUT2D eigenvalue weighted by atomic mass is 9.86. The Morgan fingerprint density at radius 3 is 1.53 bits per heavy atom. The van der Waals surface area contributed by atoms with Crippen LogP contribution in [0.15, 0.2) is 186 Å². The summed E-state index contributed by atoms with van der Waals surface area (Å²) in [4.78, 5) is 0. The van der Waals surface area contributed by atoms with Crippen LogP contribution in [0.4, 0.5) is 0 Å². The van der Waals surface area contributed by atoms with E-state index in [2.05, 4.69) is 36.4 Å². The van der Waals surface area contributed by atoms with Crippen molar-refractivity contribution in [3.05, 3.63) is 182 Å². The molecule has 0 atom stereocenters. The predicted octanol–water partition coefficient (Wildman–Crippen LogP) is 13.7. The highest BCUT2D eigenvalue weighted by atomic mass is 16.3. The van der Waals surface area contributed by atoms with Crippen LogP contribution >= 0.6 is 0 Å². The monoisotopic (exact) mass is 635 g/mol. The van der Waals surface area contributed by atoms with Crippen LogP contribution in [0.3, 0.4) is 0 Å². The van der Waals surface area contributed by atoms with Crippen molar-refractivity contribution in [3.8, 4) is 44.5 Å². The van der Waals surface area contributed by atoms with Gasteiger partial charge in [-0.15, -0.1) is 0 Å². The quantitative estimate of drug-likeness (QED) is 0.175. The van der Waals surface area contributed by atoms with Gasteiger partial charge in [0.1, 0.15) is 11.2 Å². The largest absolute Gasteiger partial charge is 0.456 e. The number of hydrogen-bond donors (Lipinski definition) is 0. The molecule has 10 rings (SSSR count). The van der Waals surface area contributed by atoms with Crippen LogP contribution in [-0.4, -0.2) is 0 Å². The Balaban J connectivity index is 1.18. The van der Waals surface area contributed by atoms with Crippen molar-refractivity contribution in [1.82, 2.24) is 0 Å². The van der Waals surface area contributed by atoms with Crippen molar-refractivity contribution in [2.45, 2.75) is 0 Å². The highest BCUT2D eigenvalue weighted by molar-refractivity contribution is 6.21. The van der Waals surface area contributed by atoms with Crippen LogP contribution in [0.1, 0.15) is 17.8 Å². The van der Waals surface area contributed by atoms with Gasteiger partial charge in [-0.2, -0.15) is 0 Å². The van der Waals surface area contributed by atoms with E-state index in [4.69, 9.17) is 19.5 Å².